The average molecular weight is 406 g/mol. The summed E-state index contributed by atoms with van der Waals surface area (Å²) in [6, 6.07) is 8.06. The SMILES string of the molecule is Cc1ccc(CC(=O)NCC(c2c(F)cccc2Cl)N2CCOC(C)C2)cn1. The third-order valence-electron chi connectivity index (χ3n) is 4.88. The van der Waals surface area contributed by atoms with E-state index in [0.29, 0.717) is 30.3 Å². The van der Waals surface area contributed by atoms with Crippen LogP contribution in [0.3, 0.4) is 0 Å². The monoisotopic (exact) mass is 405 g/mol. The Bertz CT molecular complexity index is 796. The van der Waals surface area contributed by atoms with Crippen molar-refractivity contribution in [2.75, 3.05) is 26.2 Å². The minimum Gasteiger partial charge on any atom is -0.376 e. The molecule has 1 amide bonds. The predicted octanol–water partition coefficient (Wildman–Crippen LogP) is 3.30. The smallest absolute Gasteiger partial charge is 0.224 e. The van der Waals surface area contributed by atoms with Gasteiger partial charge in [0.2, 0.25) is 5.91 Å². The van der Waals surface area contributed by atoms with Gasteiger partial charge in [-0.2, -0.15) is 0 Å². The second kappa shape index (κ2) is 9.45. The molecule has 150 valence electrons. The van der Waals surface area contributed by atoms with E-state index in [1.807, 2.05) is 26.0 Å². The molecule has 1 aliphatic heterocycles. The fraction of sp³-hybridized carbons (Fsp3) is 0.429. The molecule has 1 aromatic carbocycles. The molecular weight excluding hydrogens is 381 g/mol. The molecule has 2 aromatic rings. The number of aromatic nitrogens is 1. The number of halogens is 2. The molecule has 0 saturated carbocycles. The van der Waals surface area contributed by atoms with Crippen molar-refractivity contribution >= 4 is 17.5 Å². The number of pyridine rings is 1. The molecule has 2 unspecified atom stereocenters. The second-order valence-corrected chi connectivity index (χ2v) is 7.52. The molecule has 0 spiro atoms. The van der Waals surface area contributed by atoms with E-state index < -0.39 is 0 Å². The summed E-state index contributed by atoms with van der Waals surface area (Å²) in [5.41, 5.74) is 2.15. The Morgan fingerprint density at radius 1 is 1.43 bits per heavy atom. The molecule has 3 rings (SSSR count). The maximum Gasteiger partial charge on any atom is 0.224 e. The van der Waals surface area contributed by atoms with Gasteiger partial charge in [0.05, 0.1) is 25.2 Å². The lowest BCUT2D eigenvalue weighted by molar-refractivity contribution is -0.120. The molecule has 5 nitrogen and oxygen atoms in total. The van der Waals surface area contributed by atoms with E-state index in [2.05, 4.69) is 15.2 Å². The number of carbonyl (C=O) groups excluding carboxylic acids is 1. The molecule has 1 fully saturated rings. The number of morpholine rings is 1. The Balaban J connectivity index is 1.73. The molecule has 1 aromatic heterocycles. The van der Waals surface area contributed by atoms with Crippen LogP contribution in [-0.4, -0.2) is 48.1 Å². The van der Waals surface area contributed by atoms with E-state index in [0.717, 1.165) is 11.3 Å². The maximum absolute atomic E-state index is 14.6. The fourth-order valence-electron chi connectivity index (χ4n) is 3.43. The highest BCUT2D eigenvalue weighted by Gasteiger charge is 2.29. The molecule has 2 heterocycles. The van der Waals surface area contributed by atoms with Gasteiger partial charge in [0.25, 0.3) is 0 Å². The van der Waals surface area contributed by atoms with Crippen molar-refractivity contribution in [2.45, 2.75) is 32.4 Å². The lowest BCUT2D eigenvalue weighted by atomic mass is 10.0. The molecule has 1 N–H and O–H groups in total. The first-order valence-corrected chi connectivity index (χ1v) is 9.79. The molecule has 0 bridgehead atoms. The van der Waals surface area contributed by atoms with E-state index >= 15 is 0 Å². The van der Waals surface area contributed by atoms with Crippen LogP contribution in [0.15, 0.2) is 36.5 Å². The van der Waals surface area contributed by atoms with Crippen molar-refractivity contribution in [1.82, 2.24) is 15.2 Å². The zero-order valence-corrected chi connectivity index (χ0v) is 16.9. The largest absolute Gasteiger partial charge is 0.376 e. The van der Waals surface area contributed by atoms with Crippen LogP contribution in [0.4, 0.5) is 4.39 Å². The van der Waals surface area contributed by atoms with Crippen molar-refractivity contribution in [3.05, 3.63) is 64.2 Å². The van der Waals surface area contributed by atoms with Crippen LogP contribution in [0, 0.1) is 12.7 Å². The van der Waals surface area contributed by atoms with E-state index in [9.17, 15) is 9.18 Å². The highest BCUT2D eigenvalue weighted by atomic mass is 35.5. The molecule has 0 aliphatic carbocycles. The van der Waals surface area contributed by atoms with Crippen molar-refractivity contribution in [3.8, 4) is 0 Å². The zero-order valence-electron chi connectivity index (χ0n) is 16.1. The molecule has 1 saturated heterocycles. The van der Waals surface area contributed by atoms with Gasteiger partial charge < -0.3 is 10.1 Å². The first-order valence-electron chi connectivity index (χ1n) is 9.42. The van der Waals surface area contributed by atoms with Crippen molar-refractivity contribution in [3.63, 3.8) is 0 Å². The average Bonchev–Trinajstić information content (AvgIpc) is 2.66. The van der Waals surface area contributed by atoms with Crippen LogP contribution < -0.4 is 5.32 Å². The van der Waals surface area contributed by atoms with E-state index in [4.69, 9.17) is 16.3 Å². The maximum atomic E-state index is 14.6. The molecule has 0 radical (unpaired) electrons. The Kier molecular flexibility index (Phi) is 6.99. The Morgan fingerprint density at radius 3 is 2.93 bits per heavy atom. The van der Waals surface area contributed by atoms with E-state index in [-0.39, 0.29) is 36.8 Å². The number of hydrogen-bond acceptors (Lipinski definition) is 4. The Labute approximate surface area is 169 Å². The minimum atomic E-state index is -0.367. The number of ether oxygens (including phenoxy) is 1. The first kappa shape index (κ1) is 20.7. The number of nitrogens with zero attached hydrogens (tertiary/aromatic N) is 2. The van der Waals surface area contributed by atoms with Crippen LogP contribution in [0.1, 0.15) is 29.8 Å². The number of rotatable bonds is 6. The van der Waals surface area contributed by atoms with Crippen molar-refractivity contribution < 1.29 is 13.9 Å². The van der Waals surface area contributed by atoms with Gasteiger partial charge in [0, 0.05) is 42.1 Å². The number of nitrogens with one attached hydrogen (secondary N) is 1. The fourth-order valence-corrected chi connectivity index (χ4v) is 3.72. The number of hydrogen-bond donors (Lipinski definition) is 1. The van der Waals surface area contributed by atoms with Crippen LogP contribution >= 0.6 is 11.6 Å². The van der Waals surface area contributed by atoms with Crippen LogP contribution in [0.25, 0.3) is 0 Å². The Hall–Kier alpha value is -2.02. The van der Waals surface area contributed by atoms with Gasteiger partial charge in [-0.15, -0.1) is 0 Å². The molecule has 1 aliphatic rings. The van der Waals surface area contributed by atoms with Gasteiger partial charge in [-0.05, 0) is 37.6 Å². The lowest BCUT2D eigenvalue weighted by Crippen LogP contribution is -2.47. The van der Waals surface area contributed by atoms with Crippen LogP contribution in [-0.2, 0) is 16.0 Å². The zero-order chi connectivity index (χ0) is 20.1. The van der Waals surface area contributed by atoms with Gasteiger partial charge in [-0.3, -0.25) is 14.7 Å². The van der Waals surface area contributed by atoms with Crippen LogP contribution in [0.2, 0.25) is 5.02 Å². The van der Waals surface area contributed by atoms with Crippen molar-refractivity contribution in [1.29, 1.82) is 0 Å². The van der Waals surface area contributed by atoms with E-state index in [1.54, 1.807) is 18.3 Å². The van der Waals surface area contributed by atoms with E-state index in [1.165, 1.54) is 6.07 Å². The highest BCUT2D eigenvalue weighted by molar-refractivity contribution is 6.31. The van der Waals surface area contributed by atoms with Gasteiger partial charge in [-0.25, -0.2) is 4.39 Å². The standard InChI is InChI=1S/C21H25ClFN3O2/c1-14-6-7-16(11-24-14)10-20(27)25-12-19(26-8-9-28-15(2)13-26)21-17(22)4-3-5-18(21)23/h3-7,11,15,19H,8-10,12-13H2,1-2H3,(H,25,27). The summed E-state index contributed by atoms with van der Waals surface area (Å²) < 4.78 is 20.2. The first-order chi connectivity index (χ1) is 13.4. The number of carbonyl (C=O) groups is 1. The summed E-state index contributed by atoms with van der Waals surface area (Å²) in [5.74, 6) is -0.502. The molecular formula is C21H25ClFN3O2. The summed E-state index contributed by atoms with van der Waals surface area (Å²) in [5, 5.41) is 3.30. The summed E-state index contributed by atoms with van der Waals surface area (Å²) in [6.45, 7) is 6.01. The molecule has 28 heavy (non-hydrogen) atoms. The number of benzene rings is 1. The normalized spacial score (nSPS) is 18.6. The van der Waals surface area contributed by atoms with Gasteiger partial charge >= 0.3 is 0 Å². The third kappa shape index (κ3) is 5.28. The predicted molar refractivity (Wildman–Crippen MR) is 107 cm³/mol. The summed E-state index contributed by atoms with van der Waals surface area (Å²) in [7, 11) is 0. The quantitative estimate of drug-likeness (QED) is 0.801. The number of aryl methyl sites for hydroxylation is 1. The Morgan fingerprint density at radius 2 is 2.25 bits per heavy atom. The van der Waals surface area contributed by atoms with Crippen LogP contribution in [0.5, 0.6) is 0 Å². The van der Waals surface area contributed by atoms with Gasteiger partial charge in [0.15, 0.2) is 0 Å². The summed E-state index contributed by atoms with van der Waals surface area (Å²) in [4.78, 5) is 18.8. The summed E-state index contributed by atoms with van der Waals surface area (Å²) >= 11 is 6.32. The van der Waals surface area contributed by atoms with Gasteiger partial charge in [-0.1, -0.05) is 23.7 Å². The lowest BCUT2D eigenvalue weighted by Gasteiger charge is -2.38. The minimum absolute atomic E-state index is 0.0381. The third-order valence-corrected chi connectivity index (χ3v) is 5.21. The van der Waals surface area contributed by atoms with Crippen molar-refractivity contribution in [2.24, 2.45) is 0 Å². The molecule has 7 heteroatoms. The topological polar surface area (TPSA) is 54.5 Å². The summed E-state index contributed by atoms with van der Waals surface area (Å²) in [6.07, 6.45) is 1.96. The highest BCUT2D eigenvalue weighted by Crippen LogP contribution is 2.31. The van der Waals surface area contributed by atoms with Gasteiger partial charge in [0.1, 0.15) is 5.82 Å². The molecule has 2 atom stereocenters. The second-order valence-electron chi connectivity index (χ2n) is 7.12. The number of amides is 1.